The average molecular weight is 278 g/mol. The number of amides is 1. The molecule has 1 rings (SSSR count). The second kappa shape index (κ2) is 6.53. The fraction of sp³-hybridized carbons (Fsp3) is 0.364. The molecule has 1 amide bonds. The molecule has 18 heavy (non-hydrogen) atoms. The van der Waals surface area contributed by atoms with E-state index in [-0.39, 0.29) is 11.8 Å². The van der Waals surface area contributed by atoms with Crippen molar-refractivity contribution < 1.29 is 18.0 Å². The van der Waals surface area contributed by atoms with Crippen molar-refractivity contribution in [3.63, 3.8) is 0 Å². The number of nitrogen functional groups attached to an aromatic ring is 1. The highest BCUT2D eigenvalue weighted by Gasteiger charge is 2.29. The molecule has 0 atom stereocenters. The van der Waals surface area contributed by atoms with Crippen LogP contribution in [0.5, 0.6) is 0 Å². The molecule has 1 aromatic carbocycles. The van der Waals surface area contributed by atoms with Crippen molar-refractivity contribution in [2.24, 2.45) is 0 Å². The Morgan fingerprint density at radius 3 is 2.44 bits per heavy atom. The zero-order valence-electron chi connectivity index (χ0n) is 9.46. The molecule has 0 unspecified atom stereocenters. The molecule has 0 saturated heterocycles. The van der Waals surface area contributed by atoms with Gasteiger partial charge in [0.15, 0.2) is 0 Å². The van der Waals surface area contributed by atoms with Crippen LogP contribution in [0.25, 0.3) is 0 Å². The summed E-state index contributed by atoms with van der Waals surface area (Å²) >= 11 is -0.339. The molecule has 3 nitrogen and oxygen atoms in total. The Hall–Kier alpha value is -1.37. The summed E-state index contributed by atoms with van der Waals surface area (Å²) in [5, 5.41) is 2.43. The Balaban J connectivity index is 2.21. The normalized spacial score (nSPS) is 11.3. The summed E-state index contributed by atoms with van der Waals surface area (Å²) in [6, 6.07) is 7.09. The average Bonchev–Trinajstić information content (AvgIpc) is 2.28. The Morgan fingerprint density at radius 1 is 1.28 bits per heavy atom. The number of hydrogen-bond acceptors (Lipinski definition) is 3. The number of rotatable bonds is 5. The van der Waals surface area contributed by atoms with Crippen molar-refractivity contribution in [1.29, 1.82) is 0 Å². The molecular formula is C11H13F3N2OS. The monoisotopic (exact) mass is 278 g/mol. The predicted octanol–water partition coefficient (Wildman–Crippen LogP) is 2.18. The first-order valence-electron chi connectivity index (χ1n) is 5.18. The van der Waals surface area contributed by atoms with E-state index in [1.165, 1.54) is 0 Å². The van der Waals surface area contributed by atoms with Gasteiger partial charge in [0, 0.05) is 12.2 Å². The first kappa shape index (κ1) is 14.7. The third-order valence-corrected chi connectivity index (χ3v) is 2.82. The van der Waals surface area contributed by atoms with Gasteiger partial charge in [0.05, 0.1) is 5.75 Å². The summed E-state index contributed by atoms with van der Waals surface area (Å²) in [4.78, 5) is 11.1. The summed E-state index contributed by atoms with van der Waals surface area (Å²) in [6.45, 7) is 0.307. The quantitative estimate of drug-likeness (QED) is 0.812. The second-order valence-electron chi connectivity index (χ2n) is 3.58. The summed E-state index contributed by atoms with van der Waals surface area (Å²) in [5.74, 6) is -1.22. The molecule has 0 heterocycles. The number of hydrogen-bond donors (Lipinski definition) is 2. The minimum atomic E-state index is -4.37. The zero-order valence-corrected chi connectivity index (χ0v) is 10.3. The number of benzene rings is 1. The zero-order chi connectivity index (χ0) is 13.6. The molecule has 7 heteroatoms. The summed E-state index contributed by atoms with van der Waals surface area (Å²) in [5.41, 5.74) is 2.75. The Morgan fingerprint density at radius 2 is 1.89 bits per heavy atom. The molecule has 0 aliphatic rings. The minimum Gasteiger partial charge on any atom is -0.399 e. The van der Waals surface area contributed by atoms with E-state index in [0.29, 0.717) is 18.7 Å². The molecule has 1 aromatic rings. The van der Waals surface area contributed by atoms with Gasteiger partial charge in [-0.15, -0.1) is 0 Å². The van der Waals surface area contributed by atoms with Crippen LogP contribution in [-0.4, -0.2) is 23.7 Å². The van der Waals surface area contributed by atoms with Crippen molar-refractivity contribution >= 4 is 23.4 Å². The highest BCUT2D eigenvalue weighted by atomic mass is 32.2. The summed E-state index contributed by atoms with van der Waals surface area (Å²) in [6.07, 6.45) is 0.558. The maximum absolute atomic E-state index is 11.8. The van der Waals surface area contributed by atoms with Gasteiger partial charge in [-0.1, -0.05) is 12.1 Å². The van der Waals surface area contributed by atoms with Gasteiger partial charge in [-0.25, -0.2) is 0 Å². The van der Waals surface area contributed by atoms with E-state index in [0.717, 1.165) is 5.56 Å². The summed E-state index contributed by atoms with van der Waals surface area (Å²) in [7, 11) is 0. The third-order valence-electron chi connectivity index (χ3n) is 2.08. The SMILES string of the molecule is Nc1ccc(CCNC(=O)CSC(F)(F)F)cc1. The minimum absolute atomic E-state index is 0.307. The van der Waals surface area contributed by atoms with Gasteiger partial charge in [-0.3, -0.25) is 4.79 Å². The van der Waals surface area contributed by atoms with Crippen molar-refractivity contribution in [2.75, 3.05) is 18.0 Å². The lowest BCUT2D eigenvalue weighted by molar-refractivity contribution is -0.118. The lowest BCUT2D eigenvalue weighted by Crippen LogP contribution is -2.28. The molecule has 0 fully saturated rings. The van der Waals surface area contributed by atoms with Crippen molar-refractivity contribution in [3.05, 3.63) is 29.8 Å². The van der Waals surface area contributed by atoms with Crippen LogP contribution in [0, 0.1) is 0 Å². The predicted molar refractivity (Wildman–Crippen MR) is 66.1 cm³/mol. The Bertz CT molecular complexity index is 392. The standard InChI is InChI=1S/C11H13F3N2OS/c12-11(13,14)18-7-10(17)16-6-5-8-1-3-9(15)4-2-8/h1-4H,5-7,15H2,(H,16,17). The smallest absolute Gasteiger partial charge is 0.399 e. The van der Waals surface area contributed by atoms with Crippen LogP contribution in [0.4, 0.5) is 18.9 Å². The van der Waals surface area contributed by atoms with E-state index in [9.17, 15) is 18.0 Å². The van der Waals surface area contributed by atoms with Crippen molar-refractivity contribution in [2.45, 2.75) is 11.9 Å². The van der Waals surface area contributed by atoms with Crippen LogP contribution in [0.3, 0.4) is 0 Å². The number of alkyl halides is 3. The van der Waals surface area contributed by atoms with E-state index in [4.69, 9.17) is 5.73 Å². The molecule has 0 aliphatic carbocycles. The first-order valence-corrected chi connectivity index (χ1v) is 6.17. The highest BCUT2D eigenvalue weighted by molar-refractivity contribution is 8.00. The Kier molecular flexibility index (Phi) is 5.33. The number of halogens is 3. The number of carbonyl (C=O) groups excluding carboxylic acids is 1. The van der Waals surface area contributed by atoms with E-state index >= 15 is 0 Å². The van der Waals surface area contributed by atoms with Gasteiger partial charge in [-0.05, 0) is 35.9 Å². The molecule has 0 saturated carbocycles. The van der Waals surface area contributed by atoms with Crippen LogP contribution in [0.1, 0.15) is 5.56 Å². The molecule has 0 spiro atoms. The van der Waals surface area contributed by atoms with Crippen molar-refractivity contribution in [3.8, 4) is 0 Å². The van der Waals surface area contributed by atoms with E-state index in [2.05, 4.69) is 5.32 Å². The maximum Gasteiger partial charge on any atom is 0.442 e. The largest absolute Gasteiger partial charge is 0.442 e. The van der Waals surface area contributed by atoms with E-state index in [1.54, 1.807) is 12.1 Å². The van der Waals surface area contributed by atoms with Gasteiger partial charge in [0.1, 0.15) is 0 Å². The molecule has 0 aliphatic heterocycles. The van der Waals surface area contributed by atoms with Crippen LogP contribution in [-0.2, 0) is 11.2 Å². The number of carbonyl (C=O) groups is 1. The van der Waals surface area contributed by atoms with Crippen LogP contribution >= 0.6 is 11.8 Å². The molecule has 0 aromatic heterocycles. The van der Waals surface area contributed by atoms with Crippen LogP contribution in [0.2, 0.25) is 0 Å². The maximum atomic E-state index is 11.8. The topological polar surface area (TPSA) is 55.1 Å². The van der Waals surface area contributed by atoms with E-state index < -0.39 is 17.2 Å². The van der Waals surface area contributed by atoms with Gasteiger partial charge < -0.3 is 11.1 Å². The Labute approximate surface area is 107 Å². The summed E-state index contributed by atoms with van der Waals surface area (Å²) < 4.78 is 35.4. The molecule has 0 bridgehead atoms. The van der Waals surface area contributed by atoms with Crippen LogP contribution in [0.15, 0.2) is 24.3 Å². The van der Waals surface area contributed by atoms with Gasteiger partial charge in [0.2, 0.25) is 5.91 Å². The number of nitrogens with two attached hydrogens (primary N) is 1. The molecule has 100 valence electrons. The van der Waals surface area contributed by atoms with Crippen LogP contribution < -0.4 is 11.1 Å². The van der Waals surface area contributed by atoms with Crippen molar-refractivity contribution in [1.82, 2.24) is 5.32 Å². The lowest BCUT2D eigenvalue weighted by atomic mass is 10.1. The van der Waals surface area contributed by atoms with E-state index in [1.807, 2.05) is 12.1 Å². The third kappa shape index (κ3) is 6.39. The molecule has 0 radical (unpaired) electrons. The van der Waals surface area contributed by atoms with Gasteiger partial charge in [-0.2, -0.15) is 13.2 Å². The fourth-order valence-corrected chi connectivity index (χ4v) is 1.63. The molecular weight excluding hydrogens is 265 g/mol. The van der Waals surface area contributed by atoms with Gasteiger partial charge in [0.25, 0.3) is 0 Å². The first-order chi connectivity index (χ1) is 8.37. The highest BCUT2D eigenvalue weighted by Crippen LogP contribution is 2.29. The molecule has 3 N–H and O–H groups in total. The second-order valence-corrected chi connectivity index (χ2v) is 4.62. The number of anilines is 1. The number of nitrogens with one attached hydrogen (secondary N) is 1. The number of thioether (sulfide) groups is 1. The fourth-order valence-electron chi connectivity index (χ4n) is 1.23. The lowest BCUT2D eigenvalue weighted by Gasteiger charge is -2.07. The van der Waals surface area contributed by atoms with Gasteiger partial charge >= 0.3 is 5.51 Å².